The Kier molecular flexibility index (Phi) is 5.55. The summed E-state index contributed by atoms with van der Waals surface area (Å²) in [5.41, 5.74) is 2.01. The Hall–Kier alpha value is -1.35. The van der Waals surface area contributed by atoms with E-state index in [0.717, 1.165) is 0 Å². The van der Waals surface area contributed by atoms with Crippen LogP contribution in [0.4, 0.5) is 0 Å². The predicted octanol–water partition coefficient (Wildman–Crippen LogP) is 2.73. The SMILES string of the molecule is CC(CCO)CNC(=O)c1ccc(C(C)(C)C)cc1. The van der Waals surface area contributed by atoms with Crippen molar-refractivity contribution in [1.82, 2.24) is 5.32 Å². The van der Waals surface area contributed by atoms with Gasteiger partial charge in [-0.25, -0.2) is 0 Å². The number of aliphatic hydroxyl groups is 1. The molecule has 19 heavy (non-hydrogen) atoms. The minimum absolute atomic E-state index is 0.0507. The molecule has 0 radical (unpaired) electrons. The topological polar surface area (TPSA) is 49.3 Å². The van der Waals surface area contributed by atoms with Crippen LogP contribution in [-0.4, -0.2) is 24.2 Å². The van der Waals surface area contributed by atoms with Crippen LogP contribution in [0, 0.1) is 5.92 Å². The van der Waals surface area contributed by atoms with Crippen molar-refractivity contribution >= 4 is 5.91 Å². The van der Waals surface area contributed by atoms with Gasteiger partial charge in [0.2, 0.25) is 0 Å². The fourth-order valence-electron chi connectivity index (χ4n) is 1.81. The number of hydrogen-bond donors (Lipinski definition) is 2. The fourth-order valence-corrected chi connectivity index (χ4v) is 1.81. The zero-order valence-electron chi connectivity index (χ0n) is 12.4. The summed E-state index contributed by atoms with van der Waals surface area (Å²) in [7, 11) is 0. The van der Waals surface area contributed by atoms with E-state index in [1.54, 1.807) is 0 Å². The van der Waals surface area contributed by atoms with Crippen molar-refractivity contribution in [1.29, 1.82) is 0 Å². The molecule has 0 heterocycles. The number of amides is 1. The Bertz CT molecular complexity index is 404. The lowest BCUT2D eigenvalue weighted by Crippen LogP contribution is -2.28. The van der Waals surface area contributed by atoms with Gasteiger partial charge >= 0.3 is 0 Å². The summed E-state index contributed by atoms with van der Waals surface area (Å²) in [4.78, 5) is 11.9. The highest BCUT2D eigenvalue weighted by molar-refractivity contribution is 5.94. The first kappa shape index (κ1) is 15.7. The normalized spacial score (nSPS) is 13.1. The van der Waals surface area contributed by atoms with Crippen molar-refractivity contribution < 1.29 is 9.90 Å². The zero-order chi connectivity index (χ0) is 14.5. The summed E-state index contributed by atoms with van der Waals surface area (Å²) in [5.74, 6) is 0.244. The van der Waals surface area contributed by atoms with E-state index in [1.165, 1.54) is 5.56 Å². The number of aliphatic hydroxyl groups excluding tert-OH is 1. The van der Waals surface area contributed by atoms with Crippen molar-refractivity contribution in [2.45, 2.75) is 39.5 Å². The largest absolute Gasteiger partial charge is 0.396 e. The lowest BCUT2D eigenvalue weighted by Gasteiger charge is -2.19. The molecule has 0 saturated carbocycles. The highest BCUT2D eigenvalue weighted by atomic mass is 16.3. The second kappa shape index (κ2) is 6.71. The summed E-state index contributed by atoms with van der Waals surface area (Å²) in [6.07, 6.45) is 0.712. The van der Waals surface area contributed by atoms with E-state index in [1.807, 2.05) is 31.2 Å². The van der Waals surface area contributed by atoms with E-state index < -0.39 is 0 Å². The third-order valence-electron chi connectivity index (χ3n) is 3.25. The molecule has 0 aliphatic rings. The summed E-state index contributed by atoms with van der Waals surface area (Å²) in [6.45, 7) is 9.23. The molecule has 1 aromatic carbocycles. The van der Waals surface area contributed by atoms with E-state index in [2.05, 4.69) is 26.1 Å². The maximum atomic E-state index is 11.9. The van der Waals surface area contributed by atoms with E-state index in [-0.39, 0.29) is 17.9 Å². The number of rotatable bonds is 5. The Morgan fingerprint density at radius 3 is 2.32 bits per heavy atom. The van der Waals surface area contributed by atoms with E-state index in [4.69, 9.17) is 5.11 Å². The minimum Gasteiger partial charge on any atom is -0.396 e. The Labute approximate surface area is 116 Å². The van der Waals surface area contributed by atoms with E-state index >= 15 is 0 Å². The number of nitrogens with one attached hydrogen (secondary N) is 1. The smallest absolute Gasteiger partial charge is 0.251 e. The van der Waals surface area contributed by atoms with Gasteiger partial charge in [-0.15, -0.1) is 0 Å². The maximum absolute atomic E-state index is 11.9. The molecular weight excluding hydrogens is 238 g/mol. The van der Waals surface area contributed by atoms with Gasteiger partial charge in [-0.3, -0.25) is 4.79 Å². The van der Waals surface area contributed by atoms with Crippen LogP contribution in [0.15, 0.2) is 24.3 Å². The molecule has 106 valence electrons. The average molecular weight is 263 g/mol. The van der Waals surface area contributed by atoms with Gasteiger partial charge < -0.3 is 10.4 Å². The van der Waals surface area contributed by atoms with Gasteiger partial charge in [0.05, 0.1) is 0 Å². The van der Waals surface area contributed by atoms with Crippen molar-refractivity contribution in [3.05, 3.63) is 35.4 Å². The van der Waals surface area contributed by atoms with E-state index in [9.17, 15) is 4.79 Å². The molecule has 2 N–H and O–H groups in total. The second-order valence-corrected chi connectivity index (χ2v) is 6.15. The fraction of sp³-hybridized carbons (Fsp3) is 0.562. The molecule has 1 unspecified atom stereocenters. The van der Waals surface area contributed by atoms with Gasteiger partial charge in [0.15, 0.2) is 0 Å². The molecule has 3 nitrogen and oxygen atoms in total. The van der Waals surface area contributed by atoms with Crippen LogP contribution >= 0.6 is 0 Å². The first-order chi connectivity index (χ1) is 8.84. The summed E-state index contributed by atoms with van der Waals surface area (Å²) in [6, 6.07) is 7.75. The number of benzene rings is 1. The van der Waals surface area contributed by atoms with Crippen molar-refractivity contribution in [2.24, 2.45) is 5.92 Å². The third kappa shape index (κ3) is 5.03. The number of hydrogen-bond acceptors (Lipinski definition) is 2. The van der Waals surface area contributed by atoms with Gasteiger partial charge in [0, 0.05) is 18.7 Å². The van der Waals surface area contributed by atoms with Crippen LogP contribution in [0.5, 0.6) is 0 Å². The monoisotopic (exact) mass is 263 g/mol. The molecule has 1 rings (SSSR count). The quantitative estimate of drug-likeness (QED) is 0.858. The van der Waals surface area contributed by atoms with Gasteiger partial charge in [0.25, 0.3) is 5.91 Å². The average Bonchev–Trinajstić information content (AvgIpc) is 2.35. The van der Waals surface area contributed by atoms with Crippen molar-refractivity contribution in [3.8, 4) is 0 Å². The van der Waals surface area contributed by atoms with Crippen LogP contribution in [-0.2, 0) is 5.41 Å². The molecule has 0 aliphatic heterocycles. The van der Waals surface area contributed by atoms with E-state index in [0.29, 0.717) is 24.4 Å². The molecule has 0 fully saturated rings. The molecule has 1 amide bonds. The van der Waals surface area contributed by atoms with Crippen molar-refractivity contribution in [3.63, 3.8) is 0 Å². The molecule has 0 bridgehead atoms. The Morgan fingerprint density at radius 2 is 1.84 bits per heavy atom. The standard InChI is InChI=1S/C16H25NO2/c1-12(9-10-18)11-17-15(19)13-5-7-14(8-6-13)16(2,3)4/h5-8,12,18H,9-11H2,1-4H3,(H,17,19). The second-order valence-electron chi connectivity index (χ2n) is 6.15. The predicted molar refractivity (Wildman–Crippen MR) is 78.3 cm³/mol. The summed E-state index contributed by atoms with van der Waals surface area (Å²) >= 11 is 0. The molecular formula is C16H25NO2. The molecule has 0 aromatic heterocycles. The molecule has 1 atom stereocenters. The molecule has 0 aliphatic carbocycles. The summed E-state index contributed by atoms with van der Waals surface area (Å²) in [5, 5.41) is 11.7. The third-order valence-corrected chi connectivity index (χ3v) is 3.25. The molecule has 1 aromatic rings. The lowest BCUT2D eigenvalue weighted by molar-refractivity contribution is 0.0945. The Balaban J connectivity index is 2.59. The maximum Gasteiger partial charge on any atom is 0.251 e. The number of carbonyl (C=O) groups excluding carboxylic acids is 1. The highest BCUT2D eigenvalue weighted by Gasteiger charge is 2.14. The minimum atomic E-state index is -0.0507. The van der Waals surface area contributed by atoms with Crippen LogP contribution in [0.2, 0.25) is 0 Å². The number of carbonyl (C=O) groups is 1. The molecule has 3 heteroatoms. The van der Waals surface area contributed by atoms with Crippen molar-refractivity contribution in [2.75, 3.05) is 13.2 Å². The van der Waals surface area contributed by atoms with Crippen LogP contribution in [0.3, 0.4) is 0 Å². The van der Waals surface area contributed by atoms with Crippen LogP contribution in [0.25, 0.3) is 0 Å². The lowest BCUT2D eigenvalue weighted by atomic mass is 9.87. The van der Waals surface area contributed by atoms with Gasteiger partial charge in [-0.05, 0) is 35.4 Å². The molecule has 0 spiro atoms. The van der Waals surface area contributed by atoms with Crippen LogP contribution < -0.4 is 5.32 Å². The highest BCUT2D eigenvalue weighted by Crippen LogP contribution is 2.22. The van der Waals surface area contributed by atoms with Crippen LogP contribution in [0.1, 0.15) is 50.0 Å². The summed E-state index contributed by atoms with van der Waals surface area (Å²) < 4.78 is 0. The van der Waals surface area contributed by atoms with Gasteiger partial charge in [-0.1, -0.05) is 39.8 Å². The molecule has 0 saturated heterocycles. The van der Waals surface area contributed by atoms with Gasteiger partial charge in [0.1, 0.15) is 0 Å². The zero-order valence-corrected chi connectivity index (χ0v) is 12.4. The Morgan fingerprint density at radius 1 is 1.26 bits per heavy atom. The first-order valence-corrected chi connectivity index (χ1v) is 6.84. The first-order valence-electron chi connectivity index (χ1n) is 6.84. The van der Waals surface area contributed by atoms with Gasteiger partial charge in [-0.2, -0.15) is 0 Å².